The third kappa shape index (κ3) is 4.56. The number of anilines is 2. The number of nitrogens with one attached hydrogen (secondary N) is 1. The number of sulfonamides is 1. The molecule has 3 aromatic rings. The van der Waals surface area contributed by atoms with Crippen molar-refractivity contribution in [1.29, 1.82) is 0 Å². The zero-order valence-electron chi connectivity index (χ0n) is 14.3. The van der Waals surface area contributed by atoms with Gasteiger partial charge in [0.25, 0.3) is 10.0 Å². The quantitative estimate of drug-likeness (QED) is 0.684. The van der Waals surface area contributed by atoms with Crippen LogP contribution in [0.25, 0.3) is 0 Å². The van der Waals surface area contributed by atoms with Crippen molar-refractivity contribution in [3.8, 4) is 0 Å². The zero-order chi connectivity index (χ0) is 19.6. The molecule has 0 radical (unpaired) electrons. The number of aromatic nitrogens is 3. The molecule has 0 saturated heterocycles. The summed E-state index contributed by atoms with van der Waals surface area (Å²) in [5, 5.41) is 3.78. The molecule has 0 amide bonds. The Hall–Kier alpha value is -3.08. The number of benzene rings is 1. The fourth-order valence-corrected chi connectivity index (χ4v) is 3.27. The van der Waals surface area contributed by atoms with Crippen molar-refractivity contribution in [2.45, 2.75) is 18.4 Å². The maximum Gasteiger partial charge on any atom is 0.263 e. The fourth-order valence-electron chi connectivity index (χ4n) is 2.28. The molecule has 0 aliphatic heterocycles. The van der Waals surface area contributed by atoms with Gasteiger partial charge in [0, 0.05) is 26.2 Å². The Bertz CT molecular complexity index is 1030. The Morgan fingerprint density at radius 3 is 2.44 bits per heavy atom. The van der Waals surface area contributed by atoms with E-state index in [2.05, 4.69) is 19.8 Å². The van der Waals surface area contributed by atoms with E-state index in [1.807, 2.05) is 0 Å². The van der Waals surface area contributed by atoms with Crippen molar-refractivity contribution in [2.24, 2.45) is 0 Å². The molecule has 142 valence electrons. The normalized spacial score (nSPS) is 11.4. The van der Waals surface area contributed by atoms with Crippen LogP contribution in [-0.4, -0.2) is 30.6 Å². The molecular weight excluding hydrogens is 380 g/mol. The number of hydrogen-bond acceptors (Lipinski definition) is 7. The van der Waals surface area contributed by atoms with Gasteiger partial charge in [-0.05, 0) is 24.3 Å². The summed E-state index contributed by atoms with van der Waals surface area (Å²) in [4.78, 5) is 9.73. The highest BCUT2D eigenvalue weighted by Crippen LogP contribution is 2.20. The molecule has 11 heteroatoms. The predicted molar refractivity (Wildman–Crippen MR) is 92.5 cm³/mol. The lowest BCUT2D eigenvalue weighted by atomic mass is 10.3. The van der Waals surface area contributed by atoms with E-state index < -0.39 is 21.7 Å². The standard InChI is InChI=1S/C16H15F2N5O3S/c1-10-20-15(21-26-10)9-23(2)16-4-3-14(8-19-16)27(24,25)22-13-6-11(17)5-12(18)7-13/h3-8,22H,9H2,1-2H3. The van der Waals surface area contributed by atoms with E-state index in [-0.39, 0.29) is 10.6 Å². The van der Waals surface area contributed by atoms with Crippen LogP contribution < -0.4 is 9.62 Å². The molecule has 0 saturated carbocycles. The van der Waals surface area contributed by atoms with Crippen LogP contribution in [0, 0.1) is 18.6 Å². The summed E-state index contributed by atoms with van der Waals surface area (Å²) in [7, 11) is -2.32. The summed E-state index contributed by atoms with van der Waals surface area (Å²) in [5.74, 6) is -0.400. The Labute approximate surface area is 153 Å². The van der Waals surface area contributed by atoms with E-state index in [1.165, 1.54) is 12.1 Å². The minimum atomic E-state index is -4.05. The molecule has 0 spiro atoms. The van der Waals surface area contributed by atoms with Gasteiger partial charge in [-0.1, -0.05) is 5.16 Å². The van der Waals surface area contributed by atoms with Gasteiger partial charge in [0.1, 0.15) is 22.3 Å². The van der Waals surface area contributed by atoms with Crippen LogP contribution in [0.4, 0.5) is 20.3 Å². The Morgan fingerprint density at radius 2 is 1.89 bits per heavy atom. The first-order chi connectivity index (χ1) is 12.7. The highest BCUT2D eigenvalue weighted by Gasteiger charge is 2.17. The van der Waals surface area contributed by atoms with Gasteiger partial charge in [-0.3, -0.25) is 4.72 Å². The van der Waals surface area contributed by atoms with Crippen molar-refractivity contribution >= 4 is 21.5 Å². The summed E-state index contributed by atoms with van der Waals surface area (Å²) in [6.45, 7) is 1.99. The van der Waals surface area contributed by atoms with Crippen LogP contribution in [0.15, 0.2) is 45.9 Å². The Morgan fingerprint density at radius 1 is 1.19 bits per heavy atom. The summed E-state index contributed by atoms with van der Waals surface area (Å²) in [6.07, 6.45) is 1.14. The van der Waals surface area contributed by atoms with E-state index in [0.29, 0.717) is 30.1 Å². The van der Waals surface area contributed by atoms with E-state index in [9.17, 15) is 17.2 Å². The Balaban J connectivity index is 1.75. The predicted octanol–water partition coefficient (Wildman–Crippen LogP) is 2.49. The summed E-state index contributed by atoms with van der Waals surface area (Å²) in [5.41, 5.74) is -0.221. The molecule has 27 heavy (non-hydrogen) atoms. The number of halogens is 2. The molecule has 0 fully saturated rings. The number of aryl methyl sites for hydroxylation is 1. The third-order valence-corrected chi connectivity index (χ3v) is 4.85. The molecular formula is C16H15F2N5O3S. The summed E-state index contributed by atoms with van der Waals surface area (Å²) < 4.78 is 58.2. The number of hydrogen-bond donors (Lipinski definition) is 1. The number of pyridine rings is 1. The molecule has 0 unspecified atom stereocenters. The van der Waals surface area contributed by atoms with E-state index >= 15 is 0 Å². The molecule has 0 atom stereocenters. The van der Waals surface area contributed by atoms with Crippen molar-refractivity contribution in [3.05, 3.63) is 59.9 Å². The lowest BCUT2D eigenvalue weighted by molar-refractivity contribution is 0.387. The first-order valence-electron chi connectivity index (χ1n) is 7.68. The first-order valence-corrected chi connectivity index (χ1v) is 9.16. The van der Waals surface area contributed by atoms with Gasteiger partial charge in [0.2, 0.25) is 5.89 Å². The average molecular weight is 395 g/mol. The van der Waals surface area contributed by atoms with Crippen LogP contribution in [0.5, 0.6) is 0 Å². The maximum atomic E-state index is 13.2. The second-order valence-electron chi connectivity index (χ2n) is 5.70. The van der Waals surface area contributed by atoms with Gasteiger partial charge < -0.3 is 9.42 Å². The highest BCUT2D eigenvalue weighted by atomic mass is 32.2. The fraction of sp³-hybridized carbons (Fsp3) is 0.188. The van der Waals surface area contributed by atoms with Gasteiger partial charge in [-0.25, -0.2) is 22.2 Å². The molecule has 1 aromatic carbocycles. The molecule has 8 nitrogen and oxygen atoms in total. The SMILES string of the molecule is Cc1nc(CN(C)c2ccc(S(=O)(=O)Nc3cc(F)cc(F)c3)cn2)no1. The highest BCUT2D eigenvalue weighted by molar-refractivity contribution is 7.92. The van der Waals surface area contributed by atoms with Gasteiger partial charge in [-0.2, -0.15) is 4.98 Å². The number of rotatable bonds is 6. The topological polar surface area (TPSA) is 101 Å². The van der Waals surface area contributed by atoms with Gasteiger partial charge in [-0.15, -0.1) is 0 Å². The van der Waals surface area contributed by atoms with Crippen LogP contribution in [0.1, 0.15) is 11.7 Å². The van der Waals surface area contributed by atoms with E-state index in [0.717, 1.165) is 18.3 Å². The Kier molecular flexibility index (Phi) is 5.04. The average Bonchev–Trinajstić information content (AvgIpc) is 2.98. The van der Waals surface area contributed by atoms with Crippen LogP contribution in [0.2, 0.25) is 0 Å². The lowest BCUT2D eigenvalue weighted by Crippen LogP contribution is -2.19. The first kappa shape index (κ1) is 18.7. The van der Waals surface area contributed by atoms with E-state index in [4.69, 9.17) is 4.52 Å². The van der Waals surface area contributed by atoms with Crippen LogP contribution in [0.3, 0.4) is 0 Å². The van der Waals surface area contributed by atoms with Crippen molar-refractivity contribution in [3.63, 3.8) is 0 Å². The van der Waals surface area contributed by atoms with Crippen LogP contribution >= 0.6 is 0 Å². The minimum absolute atomic E-state index is 0.153. The van der Waals surface area contributed by atoms with Gasteiger partial charge in [0.15, 0.2) is 5.82 Å². The largest absolute Gasteiger partial charge is 0.352 e. The van der Waals surface area contributed by atoms with Gasteiger partial charge >= 0.3 is 0 Å². The van der Waals surface area contributed by atoms with Crippen molar-refractivity contribution in [1.82, 2.24) is 15.1 Å². The van der Waals surface area contributed by atoms with Crippen molar-refractivity contribution < 1.29 is 21.7 Å². The van der Waals surface area contributed by atoms with Crippen LogP contribution in [-0.2, 0) is 16.6 Å². The van der Waals surface area contributed by atoms with E-state index in [1.54, 1.807) is 18.9 Å². The molecule has 0 aliphatic rings. The minimum Gasteiger partial charge on any atom is -0.352 e. The molecule has 3 rings (SSSR count). The van der Waals surface area contributed by atoms with Gasteiger partial charge in [0.05, 0.1) is 12.2 Å². The molecule has 0 bridgehead atoms. The molecule has 2 heterocycles. The molecule has 1 N–H and O–H groups in total. The monoisotopic (exact) mass is 395 g/mol. The smallest absolute Gasteiger partial charge is 0.263 e. The summed E-state index contributed by atoms with van der Waals surface area (Å²) >= 11 is 0. The number of nitrogens with zero attached hydrogens (tertiary/aromatic N) is 4. The lowest BCUT2D eigenvalue weighted by Gasteiger charge is -2.16. The second kappa shape index (κ2) is 7.27. The third-order valence-electron chi connectivity index (χ3n) is 3.49. The van der Waals surface area contributed by atoms with Crippen molar-refractivity contribution in [2.75, 3.05) is 16.7 Å². The summed E-state index contributed by atoms with van der Waals surface area (Å²) in [6, 6.07) is 5.23. The second-order valence-corrected chi connectivity index (χ2v) is 7.38. The maximum absolute atomic E-state index is 13.2. The molecule has 2 aromatic heterocycles. The molecule has 0 aliphatic carbocycles. The zero-order valence-corrected chi connectivity index (χ0v) is 15.2.